The minimum atomic E-state index is 0.614. The Hall–Kier alpha value is -1.77. The molecule has 21 heavy (non-hydrogen) atoms. The average molecular weight is 281 g/mol. The molecule has 4 rings (SSSR count). The van der Waals surface area contributed by atoms with E-state index in [0.29, 0.717) is 11.8 Å². The van der Waals surface area contributed by atoms with E-state index in [4.69, 9.17) is 10.7 Å². The topological polar surface area (TPSA) is 43.8 Å². The van der Waals surface area contributed by atoms with Gasteiger partial charge in [-0.15, -0.1) is 0 Å². The molecule has 0 radical (unpaired) electrons. The summed E-state index contributed by atoms with van der Waals surface area (Å²) in [4.78, 5) is 4.99. The van der Waals surface area contributed by atoms with Crippen LogP contribution in [0.3, 0.4) is 0 Å². The standard InChI is InChI=1S/C18H23N3/c19-17-16(14-10-11-14)20-18(15-8-4-5-9-15)21(17)12-13-6-2-1-3-7-13/h1-3,6-7,14-15H,4-5,8-12,19H2. The van der Waals surface area contributed by atoms with E-state index in [0.717, 1.165) is 12.4 Å². The maximum atomic E-state index is 6.46. The molecule has 110 valence electrons. The molecule has 0 aliphatic heterocycles. The number of hydrogen-bond donors (Lipinski definition) is 1. The van der Waals surface area contributed by atoms with E-state index in [1.165, 1.54) is 55.6 Å². The molecule has 3 nitrogen and oxygen atoms in total. The van der Waals surface area contributed by atoms with Crippen LogP contribution in [-0.2, 0) is 6.54 Å². The fourth-order valence-corrected chi connectivity index (χ4v) is 3.59. The van der Waals surface area contributed by atoms with Crippen LogP contribution in [0.1, 0.15) is 67.4 Å². The zero-order valence-corrected chi connectivity index (χ0v) is 12.5. The summed E-state index contributed by atoms with van der Waals surface area (Å²) in [6.45, 7) is 0.859. The van der Waals surface area contributed by atoms with Crippen LogP contribution in [0.5, 0.6) is 0 Å². The van der Waals surface area contributed by atoms with Gasteiger partial charge in [0, 0.05) is 11.8 Å². The van der Waals surface area contributed by atoms with E-state index in [-0.39, 0.29) is 0 Å². The van der Waals surface area contributed by atoms with Crippen LogP contribution >= 0.6 is 0 Å². The predicted octanol–water partition coefficient (Wildman–Crippen LogP) is 4.05. The molecule has 0 amide bonds. The summed E-state index contributed by atoms with van der Waals surface area (Å²) in [5, 5.41) is 0. The molecule has 3 heteroatoms. The Morgan fingerprint density at radius 2 is 1.71 bits per heavy atom. The van der Waals surface area contributed by atoms with Gasteiger partial charge in [0.2, 0.25) is 0 Å². The highest BCUT2D eigenvalue weighted by atomic mass is 15.2. The first-order valence-electron chi connectivity index (χ1n) is 8.22. The van der Waals surface area contributed by atoms with E-state index in [1.54, 1.807) is 0 Å². The molecule has 2 aromatic rings. The number of nitrogens with zero attached hydrogens (tertiary/aromatic N) is 2. The number of imidazole rings is 1. The van der Waals surface area contributed by atoms with Gasteiger partial charge in [-0.05, 0) is 31.2 Å². The summed E-state index contributed by atoms with van der Waals surface area (Å²) in [6.07, 6.45) is 7.74. The lowest BCUT2D eigenvalue weighted by Gasteiger charge is -2.14. The molecule has 0 saturated heterocycles. The van der Waals surface area contributed by atoms with Gasteiger partial charge >= 0.3 is 0 Å². The van der Waals surface area contributed by atoms with Gasteiger partial charge in [0.25, 0.3) is 0 Å². The highest BCUT2D eigenvalue weighted by Crippen LogP contribution is 2.44. The number of hydrogen-bond acceptors (Lipinski definition) is 2. The molecule has 0 spiro atoms. The van der Waals surface area contributed by atoms with Crippen LogP contribution in [0.15, 0.2) is 30.3 Å². The summed E-state index contributed by atoms with van der Waals surface area (Å²) in [5.41, 5.74) is 8.94. The Kier molecular flexibility index (Phi) is 3.21. The van der Waals surface area contributed by atoms with Gasteiger partial charge in [0.15, 0.2) is 0 Å². The predicted molar refractivity (Wildman–Crippen MR) is 85.4 cm³/mol. The highest BCUT2D eigenvalue weighted by Gasteiger charge is 2.33. The quantitative estimate of drug-likeness (QED) is 0.918. The minimum absolute atomic E-state index is 0.614. The Bertz CT molecular complexity index is 619. The summed E-state index contributed by atoms with van der Waals surface area (Å²) in [6, 6.07) is 10.6. The van der Waals surface area contributed by atoms with Gasteiger partial charge in [0.1, 0.15) is 11.6 Å². The molecule has 0 atom stereocenters. The molecular weight excluding hydrogens is 258 g/mol. The second-order valence-corrected chi connectivity index (χ2v) is 6.57. The van der Waals surface area contributed by atoms with E-state index in [2.05, 4.69) is 34.9 Å². The van der Waals surface area contributed by atoms with Gasteiger partial charge in [-0.1, -0.05) is 43.2 Å². The summed E-state index contributed by atoms with van der Waals surface area (Å²) >= 11 is 0. The first kappa shape index (κ1) is 12.9. The maximum absolute atomic E-state index is 6.46. The lowest BCUT2D eigenvalue weighted by Crippen LogP contribution is -2.11. The van der Waals surface area contributed by atoms with Crippen molar-refractivity contribution in [1.82, 2.24) is 9.55 Å². The van der Waals surface area contributed by atoms with Gasteiger partial charge in [-0.25, -0.2) is 4.98 Å². The molecule has 2 N–H and O–H groups in total. The number of aromatic nitrogens is 2. The second-order valence-electron chi connectivity index (χ2n) is 6.57. The van der Waals surface area contributed by atoms with Crippen molar-refractivity contribution in [1.29, 1.82) is 0 Å². The van der Waals surface area contributed by atoms with Crippen molar-refractivity contribution < 1.29 is 0 Å². The summed E-state index contributed by atoms with van der Waals surface area (Å²) in [5.74, 6) is 3.41. The molecule has 1 heterocycles. The van der Waals surface area contributed by atoms with Crippen LogP contribution in [-0.4, -0.2) is 9.55 Å². The maximum Gasteiger partial charge on any atom is 0.127 e. The third-order valence-electron chi connectivity index (χ3n) is 4.93. The van der Waals surface area contributed by atoms with E-state index in [9.17, 15) is 0 Å². The highest BCUT2D eigenvalue weighted by molar-refractivity contribution is 5.44. The molecule has 2 aliphatic carbocycles. The monoisotopic (exact) mass is 281 g/mol. The smallest absolute Gasteiger partial charge is 0.127 e. The van der Waals surface area contributed by atoms with Crippen molar-refractivity contribution in [3.63, 3.8) is 0 Å². The van der Waals surface area contributed by atoms with Gasteiger partial charge in [0.05, 0.1) is 12.2 Å². The Balaban J connectivity index is 1.72. The zero-order chi connectivity index (χ0) is 14.2. The Labute approximate surface area is 126 Å². The summed E-state index contributed by atoms with van der Waals surface area (Å²) in [7, 11) is 0. The van der Waals surface area contributed by atoms with Crippen molar-refractivity contribution in [2.45, 2.75) is 56.9 Å². The van der Waals surface area contributed by atoms with E-state index < -0.39 is 0 Å². The lowest BCUT2D eigenvalue weighted by atomic mass is 10.1. The number of rotatable bonds is 4. The van der Waals surface area contributed by atoms with Crippen molar-refractivity contribution >= 4 is 5.82 Å². The van der Waals surface area contributed by atoms with Gasteiger partial charge in [-0.2, -0.15) is 0 Å². The number of anilines is 1. The number of nitrogens with two attached hydrogens (primary N) is 1. The van der Waals surface area contributed by atoms with Crippen LogP contribution in [0, 0.1) is 0 Å². The second kappa shape index (κ2) is 5.21. The largest absolute Gasteiger partial charge is 0.384 e. The van der Waals surface area contributed by atoms with Gasteiger partial charge in [-0.3, -0.25) is 0 Å². The van der Waals surface area contributed by atoms with Crippen molar-refractivity contribution in [2.75, 3.05) is 5.73 Å². The minimum Gasteiger partial charge on any atom is -0.384 e. The van der Waals surface area contributed by atoms with Crippen LogP contribution in [0.2, 0.25) is 0 Å². The first-order valence-corrected chi connectivity index (χ1v) is 8.22. The molecular formula is C18H23N3. The zero-order valence-electron chi connectivity index (χ0n) is 12.5. The van der Waals surface area contributed by atoms with Crippen LogP contribution in [0.25, 0.3) is 0 Å². The number of benzene rings is 1. The van der Waals surface area contributed by atoms with Crippen LogP contribution in [0.4, 0.5) is 5.82 Å². The van der Waals surface area contributed by atoms with Crippen molar-refractivity contribution in [3.8, 4) is 0 Å². The fraction of sp³-hybridized carbons (Fsp3) is 0.500. The fourth-order valence-electron chi connectivity index (χ4n) is 3.59. The third kappa shape index (κ3) is 2.45. The average Bonchev–Trinajstić information content (AvgIpc) is 3.10. The van der Waals surface area contributed by atoms with Crippen molar-refractivity contribution in [3.05, 3.63) is 47.4 Å². The SMILES string of the molecule is Nc1c(C2CC2)nc(C2CCCC2)n1Cc1ccccc1. The molecule has 2 fully saturated rings. The molecule has 2 aliphatic rings. The number of nitrogen functional groups attached to an aromatic ring is 1. The van der Waals surface area contributed by atoms with Crippen LogP contribution < -0.4 is 5.73 Å². The van der Waals surface area contributed by atoms with Gasteiger partial charge < -0.3 is 10.3 Å². The molecule has 2 saturated carbocycles. The molecule has 1 aromatic carbocycles. The van der Waals surface area contributed by atoms with Crippen molar-refractivity contribution in [2.24, 2.45) is 0 Å². The van der Waals surface area contributed by atoms with E-state index >= 15 is 0 Å². The Morgan fingerprint density at radius 1 is 1.00 bits per heavy atom. The molecule has 1 aromatic heterocycles. The normalized spacial score (nSPS) is 19.2. The lowest BCUT2D eigenvalue weighted by molar-refractivity contribution is 0.613. The molecule has 0 unspecified atom stereocenters. The van der Waals surface area contributed by atoms with E-state index in [1.807, 2.05) is 0 Å². The summed E-state index contributed by atoms with van der Waals surface area (Å²) < 4.78 is 2.29. The Morgan fingerprint density at radius 3 is 2.38 bits per heavy atom. The first-order chi connectivity index (χ1) is 10.3. The third-order valence-corrected chi connectivity index (χ3v) is 4.93. The molecule has 0 bridgehead atoms.